The van der Waals surface area contributed by atoms with Crippen LogP contribution < -0.4 is 0 Å². The van der Waals surface area contributed by atoms with Gasteiger partial charge in [-0.1, -0.05) is 42.5 Å². The van der Waals surface area contributed by atoms with Crippen molar-refractivity contribution >= 4 is 23.7 Å². The standard InChI is InChI=1S/C20H28O4S/c1-19(2,3)17(21)23-14-10-9-13-20(4,25-5)18(22)24-15-16-11-7-6-8-12-16/h6-12H,13-15H2,1-5H3/b10-9+. The summed E-state index contributed by atoms with van der Waals surface area (Å²) in [5.41, 5.74) is 0.451. The Morgan fingerprint density at radius 3 is 2.20 bits per heavy atom. The minimum Gasteiger partial charge on any atom is -0.461 e. The third-order valence-corrected chi connectivity index (χ3v) is 4.93. The molecule has 0 saturated carbocycles. The van der Waals surface area contributed by atoms with Gasteiger partial charge in [0.15, 0.2) is 0 Å². The average molecular weight is 365 g/mol. The molecule has 5 heteroatoms. The van der Waals surface area contributed by atoms with Gasteiger partial charge in [-0.15, -0.1) is 11.8 Å². The minimum atomic E-state index is -0.667. The first kappa shape index (κ1) is 21.3. The lowest BCUT2D eigenvalue weighted by Gasteiger charge is -2.24. The van der Waals surface area contributed by atoms with Crippen molar-refractivity contribution in [3.63, 3.8) is 0 Å². The second-order valence-corrected chi connectivity index (χ2v) is 8.33. The summed E-state index contributed by atoms with van der Waals surface area (Å²) >= 11 is 1.45. The number of rotatable bonds is 8. The first-order chi connectivity index (χ1) is 11.7. The number of hydrogen-bond donors (Lipinski definition) is 0. The Bertz CT molecular complexity index is 589. The molecule has 0 aromatic heterocycles. The zero-order valence-electron chi connectivity index (χ0n) is 15.7. The highest BCUT2D eigenvalue weighted by Gasteiger charge is 2.32. The number of carbonyl (C=O) groups is 2. The van der Waals surface area contributed by atoms with Crippen molar-refractivity contribution in [2.24, 2.45) is 5.41 Å². The number of allylic oxidation sites excluding steroid dienone is 1. The van der Waals surface area contributed by atoms with Crippen molar-refractivity contribution in [3.8, 4) is 0 Å². The van der Waals surface area contributed by atoms with Gasteiger partial charge in [0, 0.05) is 0 Å². The Morgan fingerprint density at radius 2 is 1.64 bits per heavy atom. The highest BCUT2D eigenvalue weighted by molar-refractivity contribution is 8.00. The van der Waals surface area contributed by atoms with E-state index in [4.69, 9.17) is 9.47 Å². The molecule has 1 rings (SSSR count). The first-order valence-corrected chi connectivity index (χ1v) is 9.50. The van der Waals surface area contributed by atoms with Crippen molar-refractivity contribution < 1.29 is 19.1 Å². The summed E-state index contributed by atoms with van der Waals surface area (Å²) in [5.74, 6) is -0.493. The predicted molar refractivity (Wildman–Crippen MR) is 102 cm³/mol. The van der Waals surface area contributed by atoms with Crippen molar-refractivity contribution in [2.75, 3.05) is 12.9 Å². The quantitative estimate of drug-likeness (QED) is 0.506. The summed E-state index contributed by atoms with van der Waals surface area (Å²) in [7, 11) is 0. The molecule has 0 fully saturated rings. The van der Waals surface area contributed by atoms with Crippen molar-refractivity contribution in [1.29, 1.82) is 0 Å². The van der Waals surface area contributed by atoms with E-state index < -0.39 is 10.2 Å². The SMILES string of the molecule is CSC(C)(C/C=C/COC(=O)C(C)(C)C)C(=O)OCc1ccccc1. The van der Waals surface area contributed by atoms with Crippen molar-refractivity contribution in [3.05, 3.63) is 48.0 Å². The zero-order chi connectivity index (χ0) is 18.9. The predicted octanol–water partition coefficient (Wildman–Crippen LogP) is 4.39. The third-order valence-electron chi connectivity index (χ3n) is 3.69. The molecular weight excluding hydrogens is 336 g/mol. The summed E-state index contributed by atoms with van der Waals surface area (Å²) < 4.78 is 9.95. The summed E-state index contributed by atoms with van der Waals surface area (Å²) in [5, 5.41) is 0. The van der Waals surface area contributed by atoms with Crippen LogP contribution in [0.5, 0.6) is 0 Å². The van der Waals surface area contributed by atoms with Crippen LogP contribution in [0.25, 0.3) is 0 Å². The van der Waals surface area contributed by atoms with Gasteiger partial charge in [-0.25, -0.2) is 0 Å². The van der Waals surface area contributed by atoms with Gasteiger partial charge in [0.2, 0.25) is 0 Å². The lowest BCUT2D eigenvalue weighted by Crippen LogP contribution is -2.32. The van der Waals surface area contributed by atoms with Crippen LogP contribution in [-0.2, 0) is 25.7 Å². The molecule has 25 heavy (non-hydrogen) atoms. The molecular formula is C20H28O4S. The fraction of sp³-hybridized carbons (Fsp3) is 0.500. The Labute approximate surface area is 155 Å². The fourth-order valence-corrected chi connectivity index (χ4v) is 2.33. The lowest BCUT2D eigenvalue weighted by molar-refractivity contribution is -0.151. The third kappa shape index (κ3) is 7.34. The minimum absolute atomic E-state index is 0.208. The largest absolute Gasteiger partial charge is 0.461 e. The van der Waals surface area contributed by atoms with E-state index >= 15 is 0 Å². The van der Waals surface area contributed by atoms with Gasteiger partial charge >= 0.3 is 11.9 Å². The summed E-state index contributed by atoms with van der Waals surface area (Å²) in [6.45, 7) is 7.77. The Kier molecular flexibility index (Phi) is 8.23. The highest BCUT2D eigenvalue weighted by Crippen LogP contribution is 2.29. The van der Waals surface area contributed by atoms with Gasteiger partial charge in [0.05, 0.1) is 5.41 Å². The number of esters is 2. The lowest BCUT2D eigenvalue weighted by atomic mass is 9.97. The molecule has 1 unspecified atom stereocenters. The molecule has 0 spiro atoms. The number of hydrogen-bond acceptors (Lipinski definition) is 5. The molecule has 0 bridgehead atoms. The molecule has 0 aliphatic heterocycles. The summed E-state index contributed by atoms with van der Waals surface area (Å²) in [6.07, 6.45) is 6.02. The normalized spacial score (nSPS) is 14.1. The topological polar surface area (TPSA) is 52.6 Å². The monoisotopic (exact) mass is 364 g/mol. The highest BCUT2D eigenvalue weighted by atomic mass is 32.2. The van der Waals surface area contributed by atoms with Gasteiger partial charge in [-0.3, -0.25) is 9.59 Å². The number of ether oxygens (including phenoxy) is 2. The Hall–Kier alpha value is -1.75. The van der Waals surface area contributed by atoms with Crippen molar-refractivity contribution in [2.45, 2.75) is 45.5 Å². The molecule has 0 heterocycles. The first-order valence-electron chi connectivity index (χ1n) is 8.27. The molecule has 0 saturated heterocycles. The van der Waals surface area contributed by atoms with E-state index in [-0.39, 0.29) is 25.2 Å². The van der Waals surface area contributed by atoms with Gasteiger partial charge in [0.25, 0.3) is 0 Å². The maximum Gasteiger partial charge on any atom is 0.322 e. The molecule has 0 radical (unpaired) electrons. The van der Waals surface area contributed by atoms with E-state index in [1.165, 1.54) is 11.8 Å². The van der Waals surface area contributed by atoms with E-state index in [2.05, 4.69) is 0 Å². The van der Waals surface area contributed by atoms with Crippen LogP contribution in [0.2, 0.25) is 0 Å². The second-order valence-electron chi connectivity index (χ2n) is 7.02. The van der Waals surface area contributed by atoms with Gasteiger partial charge in [0.1, 0.15) is 18.0 Å². The van der Waals surface area contributed by atoms with Crippen LogP contribution in [0, 0.1) is 5.41 Å². The molecule has 0 aliphatic rings. The number of thioether (sulfide) groups is 1. The molecule has 0 amide bonds. The van der Waals surface area contributed by atoms with Gasteiger partial charge in [-0.05, 0) is 45.9 Å². The van der Waals surface area contributed by atoms with E-state index in [1.54, 1.807) is 6.08 Å². The molecule has 1 atom stereocenters. The zero-order valence-corrected chi connectivity index (χ0v) is 16.5. The fourth-order valence-electron chi connectivity index (χ4n) is 1.84. The molecule has 1 aromatic rings. The van der Waals surface area contributed by atoms with Crippen LogP contribution in [0.1, 0.15) is 39.7 Å². The molecule has 0 aliphatic carbocycles. The van der Waals surface area contributed by atoms with Gasteiger partial charge < -0.3 is 9.47 Å². The van der Waals surface area contributed by atoms with E-state index in [0.717, 1.165) is 5.56 Å². The van der Waals surface area contributed by atoms with Gasteiger partial charge in [-0.2, -0.15) is 0 Å². The van der Waals surface area contributed by atoms with Crippen LogP contribution in [0.4, 0.5) is 0 Å². The van der Waals surface area contributed by atoms with Crippen LogP contribution in [0.15, 0.2) is 42.5 Å². The number of benzene rings is 1. The van der Waals surface area contributed by atoms with Crippen molar-refractivity contribution in [1.82, 2.24) is 0 Å². The molecule has 1 aromatic carbocycles. The van der Waals surface area contributed by atoms with E-state index in [1.807, 2.05) is 70.4 Å². The average Bonchev–Trinajstić information content (AvgIpc) is 2.58. The Morgan fingerprint density at radius 1 is 1.00 bits per heavy atom. The number of carbonyl (C=O) groups excluding carboxylic acids is 2. The summed E-state index contributed by atoms with van der Waals surface area (Å²) in [6, 6.07) is 9.60. The van der Waals surface area contributed by atoms with Crippen LogP contribution in [0.3, 0.4) is 0 Å². The second kappa shape index (κ2) is 9.66. The van der Waals surface area contributed by atoms with Crippen LogP contribution in [-0.4, -0.2) is 29.5 Å². The molecule has 4 nitrogen and oxygen atoms in total. The summed E-state index contributed by atoms with van der Waals surface area (Å²) in [4.78, 5) is 24.1. The maximum absolute atomic E-state index is 12.4. The Balaban J connectivity index is 2.47. The van der Waals surface area contributed by atoms with Crippen LogP contribution >= 0.6 is 11.8 Å². The van der Waals surface area contributed by atoms with E-state index in [9.17, 15) is 9.59 Å². The smallest absolute Gasteiger partial charge is 0.322 e. The molecule has 138 valence electrons. The maximum atomic E-state index is 12.4. The van der Waals surface area contributed by atoms with E-state index in [0.29, 0.717) is 6.42 Å². The molecule has 0 N–H and O–H groups in total.